The number of aliphatic hydroxyl groups is 1. The van der Waals surface area contributed by atoms with Crippen LogP contribution >= 0.6 is 0 Å². The molecule has 10 nitrogen and oxygen atoms in total. The van der Waals surface area contributed by atoms with E-state index in [0.29, 0.717) is 18.5 Å². The molecular formula is C31H39N3O7. The lowest BCUT2D eigenvalue weighted by Gasteiger charge is -2.40. The molecule has 1 aromatic carbocycles. The van der Waals surface area contributed by atoms with Gasteiger partial charge in [-0.3, -0.25) is 19.2 Å². The Morgan fingerprint density at radius 3 is 2.54 bits per heavy atom. The topological polar surface area (TPSA) is 125 Å². The number of carbonyl (C=O) groups excluding carboxylic acids is 4. The first-order valence-electron chi connectivity index (χ1n) is 14.4. The normalized spacial score (nSPS) is 33.1. The van der Waals surface area contributed by atoms with Crippen LogP contribution in [-0.2, 0) is 28.7 Å². The molecule has 0 radical (unpaired) electrons. The van der Waals surface area contributed by atoms with Crippen molar-refractivity contribution in [1.29, 1.82) is 0 Å². The third-order valence-electron chi connectivity index (χ3n) is 8.41. The van der Waals surface area contributed by atoms with Gasteiger partial charge in [-0.2, -0.15) is 0 Å². The number of carbonyl (C=O) groups is 4. The van der Waals surface area contributed by atoms with Crippen molar-refractivity contribution >= 4 is 23.7 Å². The number of likely N-dealkylation sites (tertiary alicyclic amines) is 1. The van der Waals surface area contributed by atoms with E-state index in [0.717, 1.165) is 0 Å². The maximum atomic E-state index is 14.2. The molecule has 4 aliphatic heterocycles. The lowest BCUT2D eigenvalue weighted by atomic mass is 9.77. The van der Waals surface area contributed by atoms with E-state index >= 15 is 0 Å². The van der Waals surface area contributed by atoms with E-state index in [1.807, 2.05) is 57.2 Å². The molecule has 1 spiro atoms. The Morgan fingerprint density at radius 2 is 1.83 bits per heavy atom. The lowest BCUT2D eigenvalue weighted by Crippen LogP contribution is -2.58. The van der Waals surface area contributed by atoms with Crippen molar-refractivity contribution in [1.82, 2.24) is 15.1 Å². The fourth-order valence-electron chi connectivity index (χ4n) is 6.49. The van der Waals surface area contributed by atoms with Crippen LogP contribution in [0.25, 0.3) is 0 Å². The minimum atomic E-state index is -1.39. The number of hydrogen-bond acceptors (Lipinski definition) is 7. The van der Waals surface area contributed by atoms with Crippen LogP contribution in [0.15, 0.2) is 54.6 Å². The minimum absolute atomic E-state index is 0.0878. The van der Waals surface area contributed by atoms with Crippen molar-refractivity contribution in [3.8, 4) is 0 Å². The molecule has 2 saturated heterocycles. The molecule has 10 heteroatoms. The maximum Gasteiger partial charge on any atom is 0.313 e. The summed E-state index contributed by atoms with van der Waals surface area (Å²) in [5.41, 5.74) is -1.20. The zero-order valence-electron chi connectivity index (χ0n) is 23.8. The summed E-state index contributed by atoms with van der Waals surface area (Å²) in [5.74, 6) is -3.43. The number of ether oxygens (including phenoxy) is 2. The zero-order chi connectivity index (χ0) is 29.4. The fourth-order valence-corrected chi connectivity index (χ4v) is 6.49. The highest BCUT2D eigenvalue weighted by atomic mass is 16.6. The van der Waals surface area contributed by atoms with Crippen LogP contribution in [0, 0.1) is 11.8 Å². The van der Waals surface area contributed by atoms with Gasteiger partial charge in [0.1, 0.15) is 23.7 Å². The molecule has 3 amide bonds. The van der Waals surface area contributed by atoms with Gasteiger partial charge in [-0.05, 0) is 39.2 Å². The first kappa shape index (κ1) is 29.0. The van der Waals surface area contributed by atoms with E-state index < -0.39 is 47.2 Å². The fraction of sp³-hybridized carbons (Fsp3) is 0.548. The Labute approximate surface area is 240 Å². The van der Waals surface area contributed by atoms with E-state index in [1.54, 1.807) is 23.1 Å². The summed E-state index contributed by atoms with van der Waals surface area (Å²) in [7, 11) is 0. The standard InChI is InChI=1S/C31H39N3O7/c1-30(2,3)34-17-9-15-31-25(27(37)33(16-10-18-35)26(31)28(34)38)24-21(41-31)13-7-8-14-23(36)32-19-22(40-29(24)39)20-11-5-4-6-12-20/h4-7,9,11-13,15,21-22,24-26,35H,8,10,14,16-19H2,1-3H3,(H,32,36)/b13-7-/t21-,22+,24+,25+,26-,31+/m0/s1. The van der Waals surface area contributed by atoms with Gasteiger partial charge in [-0.15, -0.1) is 0 Å². The van der Waals surface area contributed by atoms with Gasteiger partial charge < -0.3 is 29.7 Å². The number of nitrogens with one attached hydrogen (secondary N) is 1. The molecule has 4 heterocycles. The van der Waals surface area contributed by atoms with Crippen molar-refractivity contribution < 1.29 is 33.8 Å². The SMILES string of the molecule is CC(C)(C)N1CC=C[C@@]23O[C@H]4/C=C\CCC(=O)NC[C@H](c5ccccc5)OC(=O)[C@H]4[C@@H]2C(=O)N(CCCO)[C@H]3C1=O. The van der Waals surface area contributed by atoms with Gasteiger partial charge in [-0.1, -0.05) is 54.6 Å². The number of aliphatic hydroxyl groups excluding tert-OH is 1. The number of hydrogen-bond donors (Lipinski definition) is 2. The summed E-state index contributed by atoms with van der Waals surface area (Å²) >= 11 is 0. The third kappa shape index (κ3) is 5.30. The average Bonchev–Trinajstić information content (AvgIpc) is 3.31. The molecule has 1 aromatic rings. The Bertz CT molecular complexity index is 1240. The van der Waals surface area contributed by atoms with Crippen molar-refractivity contribution in [2.24, 2.45) is 11.8 Å². The number of cyclic esters (lactones) is 1. The smallest absolute Gasteiger partial charge is 0.313 e. The van der Waals surface area contributed by atoms with Gasteiger partial charge in [0, 0.05) is 31.7 Å². The van der Waals surface area contributed by atoms with E-state index in [1.165, 1.54) is 4.90 Å². The second-order valence-electron chi connectivity index (χ2n) is 12.1. The Hall–Kier alpha value is -3.50. The van der Waals surface area contributed by atoms with Crippen LogP contribution in [0.1, 0.15) is 51.7 Å². The van der Waals surface area contributed by atoms with Crippen LogP contribution < -0.4 is 5.32 Å². The van der Waals surface area contributed by atoms with Crippen LogP contribution in [0.3, 0.4) is 0 Å². The number of nitrogens with zero attached hydrogens (tertiary/aromatic N) is 2. The van der Waals surface area contributed by atoms with Gasteiger partial charge in [0.25, 0.3) is 0 Å². The highest BCUT2D eigenvalue weighted by molar-refractivity contribution is 5.99. The van der Waals surface area contributed by atoms with E-state index in [4.69, 9.17) is 9.47 Å². The summed E-state index contributed by atoms with van der Waals surface area (Å²) in [6.07, 6.45) is 6.48. The molecule has 0 bridgehead atoms. The molecule has 4 aliphatic rings. The van der Waals surface area contributed by atoms with Crippen molar-refractivity contribution in [3.05, 3.63) is 60.2 Å². The minimum Gasteiger partial charge on any atom is -0.455 e. The number of benzene rings is 1. The van der Waals surface area contributed by atoms with Crippen molar-refractivity contribution in [3.63, 3.8) is 0 Å². The number of allylic oxidation sites excluding steroid dienone is 1. The molecule has 0 aliphatic carbocycles. The molecule has 0 aromatic heterocycles. The molecule has 2 N–H and O–H groups in total. The number of rotatable bonds is 4. The highest BCUT2D eigenvalue weighted by Crippen LogP contribution is 2.53. The summed E-state index contributed by atoms with van der Waals surface area (Å²) < 4.78 is 12.7. The lowest BCUT2D eigenvalue weighted by molar-refractivity contribution is -0.160. The molecular weight excluding hydrogens is 526 g/mol. The largest absolute Gasteiger partial charge is 0.455 e. The quantitative estimate of drug-likeness (QED) is 0.422. The second-order valence-corrected chi connectivity index (χ2v) is 12.1. The number of amides is 3. The Morgan fingerprint density at radius 1 is 1.07 bits per heavy atom. The summed E-state index contributed by atoms with van der Waals surface area (Å²) in [4.78, 5) is 58.1. The molecule has 41 heavy (non-hydrogen) atoms. The van der Waals surface area contributed by atoms with Gasteiger partial charge in [0.05, 0.1) is 18.6 Å². The molecule has 0 unspecified atom stereocenters. The van der Waals surface area contributed by atoms with Crippen LogP contribution in [0.4, 0.5) is 0 Å². The monoisotopic (exact) mass is 565 g/mol. The van der Waals surface area contributed by atoms with Gasteiger partial charge in [0.15, 0.2) is 0 Å². The van der Waals surface area contributed by atoms with E-state index in [-0.39, 0.29) is 50.3 Å². The van der Waals surface area contributed by atoms with Gasteiger partial charge in [-0.25, -0.2) is 0 Å². The predicted molar refractivity (Wildman–Crippen MR) is 149 cm³/mol. The van der Waals surface area contributed by atoms with E-state index in [2.05, 4.69) is 5.32 Å². The summed E-state index contributed by atoms with van der Waals surface area (Å²) in [5, 5.41) is 12.4. The Balaban J connectivity index is 1.59. The van der Waals surface area contributed by atoms with Crippen LogP contribution in [0.2, 0.25) is 0 Å². The second kappa shape index (κ2) is 11.4. The van der Waals surface area contributed by atoms with E-state index in [9.17, 15) is 24.3 Å². The number of fused-ring (bicyclic) bond motifs is 2. The molecule has 220 valence electrons. The first-order valence-corrected chi connectivity index (χ1v) is 14.4. The van der Waals surface area contributed by atoms with Crippen molar-refractivity contribution in [2.45, 2.75) is 69.4 Å². The highest BCUT2D eigenvalue weighted by Gasteiger charge is 2.72. The Kier molecular flexibility index (Phi) is 8.07. The van der Waals surface area contributed by atoms with Gasteiger partial charge >= 0.3 is 5.97 Å². The predicted octanol–water partition coefficient (Wildman–Crippen LogP) is 1.90. The summed E-state index contributed by atoms with van der Waals surface area (Å²) in [6, 6.07) is 8.15. The summed E-state index contributed by atoms with van der Waals surface area (Å²) in [6.45, 7) is 6.23. The number of esters is 1. The molecule has 6 atom stereocenters. The first-order chi connectivity index (χ1) is 19.6. The third-order valence-corrected chi connectivity index (χ3v) is 8.41. The van der Waals surface area contributed by atoms with Gasteiger partial charge in [0.2, 0.25) is 17.7 Å². The molecule has 5 rings (SSSR count). The molecule has 0 saturated carbocycles. The zero-order valence-corrected chi connectivity index (χ0v) is 23.8. The van der Waals surface area contributed by atoms with Crippen molar-refractivity contribution in [2.75, 3.05) is 26.2 Å². The molecule has 2 fully saturated rings. The maximum absolute atomic E-state index is 14.2. The average molecular weight is 566 g/mol. The van der Waals surface area contributed by atoms with Crippen LogP contribution in [-0.4, -0.2) is 88.1 Å². The van der Waals surface area contributed by atoms with Crippen LogP contribution in [0.5, 0.6) is 0 Å².